The van der Waals surface area contributed by atoms with Crippen molar-refractivity contribution < 1.29 is 14.3 Å². The number of likely N-dealkylation sites (N-methyl/N-ethyl adjacent to an activating group) is 1. The molecular weight excluding hydrogens is 259 g/mol. The molecule has 0 saturated carbocycles. The standard InChI is InChI=1S/C15H21FN2O2/c1-17(2)10-14-4-3-5-18(14)9-11-6-12(15(19)20)8-13(16)7-11/h6-8,14H,3-5,9-10H2,1-2H3,(H,19,20). The van der Waals surface area contributed by atoms with Crippen LogP contribution in [0.2, 0.25) is 0 Å². The molecule has 1 saturated heterocycles. The molecule has 1 N–H and O–H groups in total. The predicted octanol–water partition coefficient (Wildman–Crippen LogP) is 2.05. The molecule has 1 aromatic carbocycles. The molecule has 0 spiro atoms. The molecule has 0 aromatic heterocycles. The Balaban J connectivity index is 2.11. The Hall–Kier alpha value is -1.46. The third-order valence-electron chi connectivity index (χ3n) is 3.67. The van der Waals surface area contributed by atoms with Gasteiger partial charge < -0.3 is 10.0 Å². The minimum Gasteiger partial charge on any atom is -0.478 e. The van der Waals surface area contributed by atoms with Crippen molar-refractivity contribution in [2.24, 2.45) is 0 Å². The lowest BCUT2D eigenvalue weighted by molar-refractivity contribution is 0.0696. The van der Waals surface area contributed by atoms with Crippen LogP contribution in [-0.4, -0.2) is 54.1 Å². The highest BCUT2D eigenvalue weighted by Crippen LogP contribution is 2.21. The first-order valence-electron chi connectivity index (χ1n) is 6.87. The quantitative estimate of drug-likeness (QED) is 0.896. The molecule has 0 bridgehead atoms. The summed E-state index contributed by atoms with van der Waals surface area (Å²) in [5, 5.41) is 8.98. The molecule has 0 radical (unpaired) electrons. The maximum atomic E-state index is 13.5. The van der Waals surface area contributed by atoms with E-state index in [1.807, 2.05) is 14.1 Å². The molecular formula is C15H21FN2O2. The minimum atomic E-state index is -1.09. The number of likely N-dealkylation sites (tertiary alicyclic amines) is 1. The molecule has 1 aliphatic rings. The molecule has 1 aliphatic heterocycles. The summed E-state index contributed by atoms with van der Waals surface area (Å²) >= 11 is 0. The number of carboxylic acid groups (broad SMARTS) is 1. The minimum absolute atomic E-state index is 0.0170. The summed E-state index contributed by atoms with van der Waals surface area (Å²) in [6.07, 6.45) is 2.28. The van der Waals surface area contributed by atoms with E-state index in [4.69, 9.17) is 5.11 Å². The number of aromatic carboxylic acids is 1. The predicted molar refractivity (Wildman–Crippen MR) is 75.3 cm³/mol. The van der Waals surface area contributed by atoms with Crippen LogP contribution in [0.4, 0.5) is 4.39 Å². The van der Waals surface area contributed by atoms with Gasteiger partial charge in [-0.2, -0.15) is 0 Å². The van der Waals surface area contributed by atoms with Gasteiger partial charge in [-0.15, -0.1) is 0 Å². The topological polar surface area (TPSA) is 43.8 Å². The Labute approximate surface area is 118 Å². The first-order chi connectivity index (χ1) is 9.45. The highest BCUT2D eigenvalue weighted by atomic mass is 19.1. The van der Waals surface area contributed by atoms with Crippen molar-refractivity contribution in [3.05, 3.63) is 35.1 Å². The fourth-order valence-electron chi connectivity index (χ4n) is 2.83. The molecule has 5 heteroatoms. The van der Waals surface area contributed by atoms with Crippen LogP contribution in [0.5, 0.6) is 0 Å². The Kier molecular flexibility index (Phi) is 4.73. The molecule has 1 aromatic rings. The third-order valence-corrected chi connectivity index (χ3v) is 3.67. The molecule has 20 heavy (non-hydrogen) atoms. The lowest BCUT2D eigenvalue weighted by atomic mass is 10.1. The number of hydrogen-bond donors (Lipinski definition) is 1. The summed E-state index contributed by atoms with van der Waals surface area (Å²) in [6, 6.07) is 4.52. The summed E-state index contributed by atoms with van der Waals surface area (Å²) < 4.78 is 13.5. The Morgan fingerprint density at radius 2 is 2.20 bits per heavy atom. The van der Waals surface area contributed by atoms with Crippen molar-refractivity contribution in [2.75, 3.05) is 27.2 Å². The van der Waals surface area contributed by atoms with Gasteiger partial charge in [-0.25, -0.2) is 9.18 Å². The van der Waals surface area contributed by atoms with E-state index in [1.54, 1.807) is 6.07 Å². The molecule has 1 fully saturated rings. The molecule has 2 rings (SSSR count). The molecule has 0 aliphatic carbocycles. The third kappa shape index (κ3) is 3.77. The molecule has 110 valence electrons. The summed E-state index contributed by atoms with van der Waals surface area (Å²) in [4.78, 5) is 15.4. The number of benzene rings is 1. The lowest BCUT2D eigenvalue weighted by Gasteiger charge is -2.27. The van der Waals surface area contributed by atoms with Crippen LogP contribution in [0.15, 0.2) is 18.2 Å². The van der Waals surface area contributed by atoms with E-state index in [1.165, 1.54) is 6.07 Å². The monoisotopic (exact) mass is 280 g/mol. The van der Waals surface area contributed by atoms with Crippen LogP contribution in [0.1, 0.15) is 28.8 Å². The normalized spacial score (nSPS) is 19.7. The van der Waals surface area contributed by atoms with E-state index in [-0.39, 0.29) is 5.56 Å². The first-order valence-corrected chi connectivity index (χ1v) is 6.87. The largest absolute Gasteiger partial charge is 0.478 e. The van der Waals surface area contributed by atoms with E-state index in [0.717, 1.165) is 37.6 Å². The Morgan fingerprint density at radius 3 is 2.85 bits per heavy atom. The zero-order valence-electron chi connectivity index (χ0n) is 12.0. The van der Waals surface area contributed by atoms with E-state index >= 15 is 0 Å². The smallest absolute Gasteiger partial charge is 0.335 e. The molecule has 0 amide bonds. The van der Waals surface area contributed by atoms with Gasteiger partial charge in [-0.3, -0.25) is 4.90 Å². The van der Waals surface area contributed by atoms with Crippen LogP contribution in [-0.2, 0) is 6.54 Å². The average Bonchev–Trinajstić information content (AvgIpc) is 2.75. The van der Waals surface area contributed by atoms with Gasteiger partial charge in [-0.1, -0.05) is 0 Å². The average molecular weight is 280 g/mol. The van der Waals surface area contributed by atoms with Crippen molar-refractivity contribution in [1.29, 1.82) is 0 Å². The van der Waals surface area contributed by atoms with Gasteiger partial charge >= 0.3 is 5.97 Å². The second-order valence-electron chi connectivity index (χ2n) is 5.68. The lowest BCUT2D eigenvalue weighted by Crippen LogP contribution is -2.37. The van der Waals surface area contributed by atoms with Gasteiger partial charge in [0.2, 0.25) is 0 Å². The zero-order valence-corrected chi connectivity index (χ0v) is 12.0. The van der Waals surface area contributed by atoms with Crippen LogP contribution < -0.4 is 0 Å². The maximum Gasteiger partial charge on any atom is 0.335 e. The number of halogens is 1. The van der Waals surface area contributed by atoms with E-state index < -0.39 is 11.8 Å². The van der Waals surface area contributed by atoms with Gasteiger partial charge in [0.25, 0.3) is 0 Å². The number of nitrogens with zero attached hydrogens (tertiary/aromatic N) is 2. The number of carboxylic acids is 1. The molecule has 1 unspecified atom stereocenters. The van der Waals surface area contributed by atoms with Crippen LogP contribution in [0.25, 0.3) is 0 Å². The van der Waals surface area contributed by atoms with Crippen LogP contribution in [0.3, 0.4) is 0 Å². The summed E-state index contributed by atoms with van der Waals surface area (Å²) in [7, 11) is 4.09. The maximum absolute atomic E-state index is 13.5. The summed E-state index contributed by atoms with van der Waals surface area (Å²) in [5.41, 5.74) is 0.747. The Bertz CT molecular complexity index is 491. The summed E-state index contributed by atoms with van der Waals surface area (Å²) in [6.45, 7) is 2.56. The van der Waals surface area contributed by atoms with Gasteiger partial charge in [0, 0.05) is 19.1 Å². The number of carbonyl (C=O) groups is 1. The zero-order chi connectivity index (χ0) is 14.7. The molecule has 1 heterocycles. The van der Waals surface area contributed by atoms with E-state index in [2.05, 4.69) is 9.80 Å². The Morgan fingerprint density at radius 1 is 1.45 bits per heavy atom. The highest BCUT2D eigenvalue weighted by molar-refractivity contribution is 5.87. The van der Waals surface area contributed by atoms with Crippen molar-refractivity contribution >= 4 is 5.97 Å². The highest BCUT2D eigenvalue weighted by Gasteiger charge is 2.25. The van der Waals surface area contributed by atoms with Gasteiger partial charge in [0.15, 0.2) is 0 Å². The van der Waals surface area contributed by atoms with Crippen LogP contribution in [0, 0.1) is 5.82 Å². The fourth-order valence-corrected chi connectivity index (χ4v) is 2.83. The fraction of sp³-hybridized carbons (Fsp3) is 0.533. The van der Waals surface area contributed by atoms with E-state index in [0.29, 0.717) is 12.6 Å². The number of rotatable bonds is 5. The SMILES string of the molecule is CN(C)CC1CCCN1Cc1cc(F)cc(C(=O)O)c1. The summed E-state index contributed by atoms with van der Waals surface area (Å²) in [5.74, 6) is -1.57. The van der Waals surface area contributed by atoms with Gasteiger partial charge in [0.1, 0.15) is 5.82 Å². The van der Waals surface area contributed by atoms with Gasteiger partial charge in [0.05, 0.1) is 5.56 Å². The molecule has 4 nitrogen and oxygen atoms in total. The van der Waals surface area contributed by atoms with Crippen molar-refractivity contribution in [3.8, 4) is 0 Å². The van der Waals surface area contributed by atoms with Crippen LogP contribution >= 0.6 is 0 Å². The second kappa shape index (κ2) is 6.33. The van der Waals surface area contributed by atoms with E-state index in [9.17, 15) is 9.18 Å². The number of hydrogen-bond acceptors (Lipinski definition) is 3. The van der Waals surface area contributed by atoms with Crippen molar-refractivity contribution in [2.45, 2.75) is 25.4 Å². The van der Waals surface area contributed by atoms with Gasteiger partial charge in [-0.05, 0) is 57.2 Å². The first kappa shape index (κ1) is 14.9. The molecule has 1 atom stereocenters. The second-order valence-corrected chi connectivity index (χ2v) is 5.68. The van der Waals surface area contributed by atoms with Crippen molar-refractivity contribution in [1.82, 2.24) is 9.80 Å². The van der Waals surface area contributed by atoms with Crippen molar-refractivity contribution in [3.63, 3.8) is 0 Å².